The molecule has 0 aliphatic heterocycles. The number of aliphatic hydroxyl groups excluding tert-OH is 25. The van der Waals surface area contributed by atoms with Crippen LogP contribution >= 0.6 is 58.0 Å². The van der Waals surface area contributed by atoms with E-state index in [4.69, 9.17) is 62.7 Å². The van der Waals surface area contributed by atoms with Crippen molar-refractivity contribution in [2.24, 2.45) is 29.6 Å². The molecule has 7 aliphatic rings. The van der Waals surface area contributed by atoms with Gasteiger partial charge >= 0.3 is 0 Å². The monoisotopic (exact) mass is 2130 g/mol. The third-order valence-corrected chi connectivity index (χ3v) is 33.0. The van der Waals surface area contributed by atoms with E-state index in [1.54, 1.807) is 66.7 Å². The van der Waals surface area contributed by atoms with Gasteiger partial charge < -0.3 is 132 Å². The molecule has 7 saturated carbocycles. The molecule has 0 radical (unpaired) electrons. The second-order valence-electron chi connectivity index (χ2n) is 40.7. The summed E-state index contributed by atoms with van der Waals surface area (Å²) in [7, 11) is 0. The average Bonchev–Trinajstić information content (AvgIpc) is 1.68. The van der Waals surface area contributed by atoms with Crippen molar-refractivity contribution in [3.63, 3.8) is 0 Å². The maximum absolute atomic E-state index is 10.7. The van der Waals surface area contributed by atoms with Gasteiger partial charge in [0.2, 0.25) is 0 Å². The molecule has 0 amide bonds. The van der Waals surface area contributed by atoms with Gasteiger partial charge in [0, 0.05) is 84.3 Å². The molecule has 10 aromatic rings. The van der Waals surface area contributed by atoms with E-state index in [1.807, 2.05) is 67.6 Å². The van der Waals surface area contributed by atoms with Crippen LogP contribution in [0, 0.1) is 29.6 Å². The second-order valence-corrected chi connectivity index (χ2v) is 42.8. The molecule has 0 aromatic heterocycles. The van der Waals surface area contributed by atoms with Gasteiger partial charge in [0.05, 0.1) is 131 Å². The standard InChI is InChI=1S/C26H33ClO5.C23H27ClO5.C23H29ClO5.C22H27ClO6.C22H27ClO5/c27-21-11-10-18(22-23(29)20(14-28)24(30)26(32)25(22)31)13-19(21)12-15-6-8-17(9-7-15)16-4-2-1-3-5-16;24-18-8-7-15(19-20(26)17(11-25)21(27)23(29)22(19)28)10-16(18)9-12-1-3-13(4-2-12)14-5-6-14;1-2-3-13-4-6-14(7-5-13)10-16-11-15(8-9-18(16)24)19-20(26)17(12-25)21(27)23(29)22(19)28;1-2-29-15-6-3-12(4-7-15)9-14-10-13(5-8-17(14)23)18-19(25)16(11-24)20(26)22(28)21(18)27;1-2-12-3-5-13(6-4-12)9-15-10-14(7-8-17(15)23)18-19(25)16(11-24)20(26)22(28)21(18)27/h6-11,13,16,20,22-26,28-32H,1-5,12,14H2;1-4,7-8,10,14,17,19-23,25-29H,5-6,9,11H2;4-9,11,17,19-23,25-29H,2-3,10,12H2,1H3;3-8,10,16,18-22,24-28H,2,9,11H2,1H3;3-8,10,16,18-22,24-28H,2,9,11H2,1H3/t20-,22+,23-,24+,25-,26-;2*17-,19+,20-,21+,22-,23-;2*16-,18+,19-,20+,21-,22-/m00000/s1. The van der Waals surface area contributed by atoms with Gasteiger partial charge in [0.15, 0.2) is 0 Å². The van der Waals surface area contributed by atoms with Crippen molar-refractivity contribution in [2.45, 2.75) is 281 Å². The lowest BCUT2D eigenvalue weighted by molar-refractivity contribution is -0.169. The molecule has 0 spiro atoms. The highest BCUT2D eigenvalue weighted by Crippen LogP contribution is 2.47. The molecule has 7 fully saturated rings. The van der Waals surface area contributed by atoms with Crippen molar-refractivity contribution in [3.05, 3.63) is 343 Å². The molecule has 25 N–H and O–H groups in total. The van der Waals surface area contributed by atoms with Crippen LogP contribution in [0.4, 0.5) is 0 Å². The Labute approximate surface area is 883 Å². The normalized spacial score (nSPS) is 30.8. The Bertz CT molecular complexity index is 5650. The van der Waals surface area contributed by atoms with Crippen LogP contribution in [0.15, 0.2) is 212 Å². The highest BCUT2D eigenvalue weighted by atomic mass is 35.5. The minimum Gasteiger partial charge on any atom is -0.494 e. The molecule has 30 atom stereocenters. The molecule has 10 aromatic carbocycles. The first-order valence-corrected chi connectivity index (χ1v) is 52.9. The third kappa shape index (κ3) is 27.8. The van der Waals surface area contributed by atoms with Crippen molar-refractivity contribution < 1.29 is 132 Å². The van der Waals surface area contributed by atoms with Gasteiger partial charge in [0.25, 0.3) is 0 Å². The lowest BCUT2D eigenvalue weighted by atomic mass is 9.70. The molecule has 147 heavy (non-hydrogen) atoms. The molecular weight excluding hydrogens is 1990 g/mol. The molecule has 31 heteroatoms. The van der Waals surface area contributed by atoms with Crippen molar-refractivity contribution in [2.75, 3.05) is 39.6 Å². The fourth-order valence-corrected chi connectivity index (χ4v) is 23.0. The summed E-state index contributed by atoms with van der Waals surface area (Å²) < 4.78 is 5.45. The van der Waals surface area contributed by atoms with Gasteiger partial charge in [-0.2, -0.15) is 0 Å². The summed E-state index contributed by atoms with van der Waals surface area (Å²) in [6, 6.07) is 67.6. The Hall–Kier alpha value is -7.55. The van der Waals surface area contributed by atoms with Crippen LogP contribution in [-0.2, 0) is 44.9 Å². The van der Waals surface area contributed by atoms with E-state index in [-0.39, 0.29) is 0 Å². The summed E-state index contributed by atoms with van der Waals surface area (Å²) in [4.78, 5) is 0. The number of benzene rings is 10. The highest BCUT2D eigenvalue weighted by molar-refractivity contribution is 6.32. The molecule has 26 nitrogen and oxygen atoms in total. The van der Waals surface area contributed by atoms with Crippen molar-refractivity contribution >= 4 is 58.0 Å². The van der Waals surface area contributed by atoms with Gasteiger partial charge in [-0.1, -0.05) is 267 Å². The smallest absolute Gasteiger partial charge is 0.119 e. The molecule has 0 bridgehead atoms. The van der Waals surface area contributed by atoms with Crippen molar-refractivity contribution in [1.29, 1.82) is 0 Å². The van der Waals surface area contributed by atoms with Crippen LogP contribution in [-0.4, -0.2) is 289 Å². The van der Waals surface area contributed by atoms with Gasteiger partial charge in [0.1, 0.15) is 36.3 Å². The minimum atomic E-state index is -1.47. The van der Waals surface area contributed by atoms with E-state index >= 15 is 0 Å². The average molecular weight is 2130 g/mol. The zero-order valence-corrected chi connectivity index (χ0v) is 86.3. The van der Waals surface area contributed by atoms with E-state index < -0.39 is 214 Å². The Balaban J connectivity index is 0.000000154. The molecule has 17 rings (SSSR count). The largest absolute Gasteiger partial charge is 0.494 e. The van der Waals surface area contributed by atoms with Crippen LogP contribution in [0.1, 0.15) is 219 Å². The maximum Gasteiger partial charge on any atom is 0.119 e. The molecular formula is C116H143Cl5O26. The summed E-state index contributed by atoms with van der Waals surface area (Å²) in [6.07, 6.45) is -12.1. The number of hydrogen-bond donors (Lipinski definition) is 25. The number of halogens is 5. The summed E-state index contributed by atoms with van der Waals surface area (Å²) in [5.41, 5.74) is 17.9. The molecule has 0 saturated heterocycles. The van der Waals surface area contributed by atoms with Crippen LogP contribution < -0.4 is 4.74 Å². The fourth-order valence-electron chi connectivity index (χ4n) is 22.1. The molecule has 0 heterocycles. The predicted molar refractivity (Wildman–Crippen MR) is 563 cm³/mol. The second kappa shape index (κ2) is 53.8. The van der Waals surface area contributed by atoms with Crippen molar-refractivity contribution in [3.8, 4) is 5.75 Å². The zero-order valence-electron chi connectivity index (χ0n) is 82.5. The summed E-state index contributed by atoms with van der Waals surface area (Å²) in [5, 5.41) is 257. The Kier molecular flexibility index (Phi) is 42.7. The van der Waals surface area contributed by atoms with Crippen LogP contribution in [0.5, 0.6) is 5.75 Å². The molecule has 798 valence electrons. The maximum atomic E-state index is 10.7. The summed E-state index contributed by atoms with van der Waals surface area (Å²) in [5.74, 6) is -6.79. The minimum absolute atomic E-state index is 0.490. The number of ether oxygens (including phenoxy) is 1. The Morgan fingerprint density at radius 1 is 0.224 bits per heavy atom. The summed E-state index contributed by atoms with van der Waals surface area (Å²) >= 11 is 32.0. The van der Waals surface area contributed by atoms with Crippen LogP contribution in [0.3, 0.4) is 0 Å². The topological polar surface area (TPSA) is 515 Å². The Morgan fingerprint density at radius 2 is 0.435 bits per heavy atom. The Morgan fingerprint density at radius 3 is 0.653 bits per heavy atom. The molecule has 7 aliphatic carbocycles. The number of rotatable bonds is 27. The van der Waals surface area contributed by atoms with E-state index in [1.165, 1.54) is 67.2 Å². The van der Waals surface area contributed by atoms with Crippen LogP contribution in [0.25, 0.3) is 0 Å². The highest BCUT2D eigenvalue weighted by Gasteiger charge is 2.54. The quantitative estimate of drug-likeness (QED) is 0.0227. The third-order valence-electron chi connectivity index (χ3n) is 31.2. The predicted octanol–water partition coefficient (Wildman–Crippen LogP) is 10.2. The van der Waals surface area contributed by atoms with E-state index in [9.17, 15) is 128 Å². The van der Waals surface area contributed by atoms with Crippen LogP contribution in [0.2, 0.25) is 25.1 Å². The van der Waals surface area contributed by atoms with E-state index in [0.717, 1.165) is 80.6 Å². The summed E-state index contributed by atoms with van der Waals surface area (Å²) in [6.45, 7) is 4.28. The van der Waals surface area contributed by atoms with E-state index in [0.29, 0.717) is 103 Å². The number of aliphatic hydroxyl groups is 25. The first-order valence-electron chi connectivity index (χ1n) is 51.0. The van der Waals surface area contributed by atoms with Crippen molar-refractivity contribution in [1.82, 2.24) is 0 Å². The lowest BCUT2D eigenvalue weighted by Crippen LogP contribution is -2.58. The lowest BCUT2D eigenvalue weighted by Gasteiger charge is -2.43. The number of hydrogen-bond acceptors (Lipinski definition) is 26. The van der Waals surface area contributed by atoms with Gasteiger partial charge in [-0.25, -0.2) is 0 Å². The van der Waals surface area contributed by atoms with Gasteiger partial charge in [-0.05, 0) is 238 Å². The van der Waals surface area contributed by atoms with Gasteiger partial charge in [-0.3, -0.25) is 0 Å². The van der Waals surface area contributed by atoms with E-state index in [2.05, 4.69) is 98.8 Å². The number of aryl methyl sites for hydroxylation is 2. The first kappa shape index (κ1) is 117. The molecule has 0 unspecified atom stereocenters. The fraction of sp³-hybridized carbons (Fsp3) is 0.483. The zero-order chi connectivity index (χ0) is 106. The SMILES string of the molecule is CCCc1ccc(Cc2cc([C@H]3[C@H](O)[C@@H](O)[C@H](O)[C@@H](CO)[C@@H]3O)ccc2Cl)cc1.CCOc1ccc(Cc2cc([C@H]3[C@H](O)[C@@H](O)[C@H](O)[C@@H](CO)[C@@H]3O)ccc2Cl)cc1.CCc1ccc(Cc2cc([C@H]3[C@H](O)[C@@H](O)[C@H](O)[C@@H](CO)[C@@H]3O)ccc2Cl)cc1.OC[C@@H]1[C@@H](O)[C@H](O)[C@@H](O)[C@H](c2ccc(Cl)c(Cc3ccc(C4CC4)cc3)c2)[C@H]1O.OC[C@@H]1[C@@H](O)[C@H](O)[C@@H](O)[C@H](c2ccc(Cl)c(Cc3ccc(C4CCCCC4)cc3)c2)[C@H]1O. The van der Waals surface area contributed by atoms with Gasteiger partial charge in [-0.15, -0.1) is 0 Å². The first-order chi connectivity index (χ1) is 70.4.